The molecule has 0 aliphatic carbocycles. The lowest BCUT2D eigenvalue weighted by Crippen LogP contribution is -2.61. The van der Waals surface area contributed by atoms with Crippen molar-refractivity contribution in [3.8, 4) is 95.7 Å². The highest BCUT2D eigenvalue weighted by Crippen LogP contribution is 2.58. The molecule has 1 aromatic heterocycles. The number of fused-ring (bicyclic) bond motifs is 7. The first-order chi connectivity index (χ1) is 60.0. The van der Waals surface area contributed by atoms with Crippen LogP contribution in [0.15, 0.2) is 273 Å². The Hall–Kier alpha value is -12.5. The van der Waals surface area contributed by atoms with E-state index in [4.69, 9.17) is 0 Å². The van der Waals surface area contributed by atoms with Gasteiger partial charge in [0, 0.05) is 61.5 Å². The molecule has 0 fully saturated rings. The van der Waals surface area contributed by atoms with Crippen molar-refractivity contribution < 1.29 is 0 Å². The van der Waals surface area contributed by atoms with Crippen LogP contribution in [0.2, 0.25) is 0 Å². The molecule has 0 bridgehead atoms. The molecule has 0 radical (unpaired) electrons. The van der Waals surface area contributed by atoms with Gasteiger partial charge >= 0.3 is 0 Å². The van der Waals surface area contributed by atoms with E-state index in [9.17, 15) is 10.5 Å². The number of nitriles is 2. The summed E-state index contributed by atoms with van der Waals surface area (Å²) >= 11 is 0. The van der Waals surface area contributed by atoms with Crippen LogP contribution in [0.4, 0.5) is 34.1 Å². The van der Waals surface area contributed by atoms with Crippen LogP contribution in [-0.4, -0.2) is 11.3 Å². The van der Waals surface area contributed by atoms with Crippen molar-refractivity contribution in [3.05, 3.63) is 334 Å². The van der Waals surface area contributed by atoms with Crippen molar-refractivity contribution in [1.29, 1.82) is 10.5 Å². The second-order valence-electron chi connectivity index (χ2n) is 45.9. The largest absolute Gasteiger partial charge is 0.310 e. The van der Waals surface area contributed by atoms with E-state index in [1.807, 2.05) is 24.3 Å². The molecule has 642 valence electrons. The van der Waals surface area contributed by atoms with Crippen LogP contribution in [0.3, 0.4) is 0 Å². The van der Waals surface area contributed by atoms with E-state index in [1.165, 1.54) is 71.8 Å². The van der Waals surface area contributed by atoms with Crippen LogP contribution in [0.25, 0.3) is 105 Å². The van der Waals surface area contributed by atoms with E-state index in [1.54, 1.807) is 0 Å². The first-order valence-electron chi connectivity index (χ1n) is 46.2. The van der Waals surface area contributed by atoms with Gasteiger partial charge < -0.3 is 14.4 Å². The van der Waals surface area contributed by atoms with Gasteiger partial charge in [0.25, 0.3) is 6.71 Å². The summed E-state index contributed by atoms with van der Waals surface area (Å²) in [4.78, 5) is 5.52. The molecule has 15 aromatic rings. The standard InChI is InChI=1S/C122H126BN5/c1-114(2,3)85-53-79(54-86(66-85)115(4,5)6)99-61-83(95-43-33-31-41-77(95)73-124)62-100(80-55-87(116(7,8)9)67-88(56-80)117(10,11)12)112(99)127-107-65-76(75-39-29-28-30-40-75)49-51-103(107)123-104-52-50-94(126-105-47-37-35-45-97(105)98-46-36-38-48-106(98)126)72-108(104)128(110-71-93(122(25,26)27)70-109(127)111(110)123)113-101(81-57-89(118(13,14)15)68-90(58-81)119(16,17)18)63-84(96-44-34-32-42-78(96)74-125)64-102(113)82-59-91(120(19,20)21)69-92(60-82)121(22,23)24/h28-72H,1-27H3. The van der Waals surface area contributed by atoms with Crippen molar-refractivity contribution >= 4 is 79.0 Å². The fourth-order valence-corrected chi connectivity index (χ4v) is 19.2. The van der Waals surface area contributed by atoms with Gasteiger partial charge in [0.05, 0.1) is 45.7 Å². The fourth-order valence-electron chi connectivity index (χ4n) is 19.2. The van der Waals surface area contributed by atoms with Gasteiger partial charge in [-0.1, -0.05) is 381 Å². The maximum atomic E-state index is 11.5. The van der Waals surface area contributed by atoms with Crippen LogP contribution in [-0.2, 0) is 48.7 Å². The molecule has 3 heterocycles. The van der Waals surface area contributed by atoms with Gasteiger partial charge in [-0.15, -0.1) is 0 Å². The predicted octanol–water partition coefficient (Wildman–Crippen LogP) is 32.0. The Labute approximate surface area is 764 Å². The molecule has 6 heteroatoms. The zero-order valence-electron chi connectivity index (χ0n) is 80.8. The van der Waals surface area contributed by atoms with E-state index in [0.29, 0.717) is 11.1 Å². The maximum Gasteiger partial charge on any atom is 0.252 e. The van der Waals surface area contributed by atoms with Crippen molar-refractivity contribution in [3.63, 3.8) is 0 Å². The van der Waals surface area contributed by atoms with Gasteiger partial charge in [0.2, 0.25) is 0 Å². The number of nitrogens with zero attached hydrogens (tertiary/aromatic N) is 5. The summed E-state index contributed by atoms with van der Waals surface area (Å²) in [7, 11) is 0. The van der Waals surface area contributed by atoms with E-state index in [0.717, 1.165) is 134 Å². The first-order valence-corrected chi connectivity index (χ1v) is 46.2. The predicted molar refractivity (Wildman–Crippen MR) is 551 cm³/mol. The number of para-hydroxylation sites is 2. The van der Waals surface area contributed by atoms with Crippen LogP contribution in [0.5, 0.6) is 0 Å². The monoisotopic (exact) mass is 1670 g/mol. The molecule has 14 aromatic carbocycles. The highest BCUT2D eigenvalue weighted by Gasteiger charge is 2.47. The second kappa shape index (κ2) is 31.2. The number of aromatic nitrogens is 1. The molecule has 0 spiro atoms. The summed E-state index contributed by atoms with van der Waals surface area (Å²) in [6, 6.07) is 110. The average Bonchev–Trinajstić information content (AvgIpc) is 0.773. The average molecular weight is 1670 g/mol. The van der Waals surface area contributed by atoms with Crippen molar-refractivity contribution in [1.82, 2.24) is 4.57 Å². The molecule has 2 aliphatic rings. The maximum absolute atomic E-state index is 11.5. The summed E-state index contributed by atoms with van der Waals surface area (Å²) in [5.41, 5.74) is 37.3. The van der Waals surface area contributed by atoms with Crippen LogP contribution >= 0.6 is 0 Å². The minimum Gasteiger partial charge on any atom is -0.310 e. The zero-order chi connectivity index (χ0) is 91.6. The first kappa shape index (κ1) is 87.6. The summed E-state index contributed by atoms with van der Waals surface area (Å²) in [5.74, 6) is 0. The van der Waals surface area contributed by atoms with Gasteiger partial charge in [-0.25, -0.2) is 0 Å². The van der Waals surface area contributed by atoms with Crippen LogP contribution in [0.1, 0.15) is 248 Å². The number of rotatable bonds is 10. The highest BCUT2D eigenvalue weighted by molar-refractivity contribution is 7.00. The Balaban J connectivity index is 1.15. The quantitative estimate of drug-likeness (QED) is 0.128. The zero-order valence-corrected chi connectivity index (χ0v) is 80.8. The number of anilines is 6. The molecular weight excluding hydrogens is 1550 g/mol. The molecule has 0 saturated carbocycles. The summed E-state index contributed by atoms with van der Waals surface area (Å²) in [6.07, 6.45) is 0. The van der Waals surface area contributed by atoms with Crippen LogP contribution < -0.4 is 26.2 Å². The SMILES string of the molecule is CC(C)(C)c1cc(-c2cc(-c3ccccc3C#N)cc(-c3cc(C(C)(C)C)cc(C(C)(C)C)c3)c2N2c3cc(-c4ccccc4)ccc3B3c4ccc(-n5c6ccccc6c6ccccc65)cc4N(c4c(-c5cc(C(C)(C)C)cc(C(C)(C)C)c5)cc(-c5ccccc5C#N)cc4-c4cc(C(C)(C)C)cc(C(C)(C)C)c4)c4cc(C(C)(C)C)cc2c43)cc(C(C)(C)C)c1. The van der Waals surface area contributed by atoms with E-state index in [-0.39, 0.29) is 50.0 Å². The van der Waals surface area contributed by atoms with E-state index >= 15 is 0 Å². The minimum absolute atomic E-state index is 0.264. The molecule has 0 saturated heterocycles. The third kappa shape index (κ3) is 16.0. The second-order valence-corrected chi connectivity index (χ2v) is 45.9. The third-order valence-electron chi connectivity index (χ3n) is 27.2. The lowest BCUT2D eigenvalue weighted by molar-refractivity contribution is 0.568. The highest BCUT2D eigenvalue weighted by atomic mass is 15.2. The van der Waals surface area contributed by atoms with E-state index < -0.39 is 5.41 Å². The normalized spacial score (nSPS) is 13.4. The Kier molecular flexibility index (Phi) is 21.3. The Morgan fingerprint density at radius 2 is 0.508 bits per heavy atom. The molecule has 0 N–H and O–H groups in total. The lowest BCUT2D eigenvalue weighted by Gasteiger charge is -2.47. The van der Waals surface area contributed by atoms with Gasteiger partial charge in [0.1, 0.15) is 0 Å². The summed E-state index contributed by atoms with van der Waals surface area (Å²) in [5, 5.41) is 25.4. The Bertz CT molecular complexity index is 6700. The Morgan fingerprint density at radius 3 is 0.836 bits per heavy atom. The Morgan fingerprint density at radius 1 is 0.227 bits per heavy atom. The molecule has 0 unspecified atom stereocenters. The lowest BCUT2D eigenvalue weighted by atomic mass is 9.33. The van der Waals surface area contributed by atoms with Gasteiger partial charge in [-0.05, 0) is 250 Å². The summed E-state index contributed by atoms with van der Waals surface area (Å²) in [6.45, 7) is 63.4. The van der Waals surface area contributed by atoms with Crippen LogP contribution in [0, 0.1) is 22.7 Å². The third-order valence-corrected chi connectivity index (χ3v) is 27.2. The molecule has 5 nitrogen and oxygen atoms in total. The number of benzene rings is 14. The summed E-state index contributed by atoms with van der Waals surface area (Å²) < 4.78 is 2.51. The van der Waals surface area contributed by atoms with Crippen molar-refractivity contribution in [2.45, 2.75) is 236 Å². The molecule has 2 aliphatic heterocycles. The molecule has 0 amide bonds. The minimum atomic E-state index is -0.473. The number of hydrogen-bond acceptors (Lipinski definition) is 4. The van der Waals surface area contributed by atoms with Gasteiger partial charge in [0.15, 0.2) is 0 Å². The fraction of sp³-hybridized carbons (Fsp3) is 0.295. The molecular formula is C122H126BN5. The number of hydrogen-bond donors (Lipinski definition) is 0. The molecule has 17 rings (SSSR count). The smallest absolute Gasteiger partial charge is 0.252 e. The molecule has 0 atom stereocenters. The topological polar surface area (TPSA) is 59.0 Å². The van der Waals surface area contributed by atoms with Crippen molar-refractivity contribution in [2.24, 2.45) is 0 Å². The van der Waals surface area contributed by atoms with Crippen molar-refractivity contribution in [2.75, 3.05) is 9.80 Å². The van der Waals surface area contributed by atoms with E-state index in [2.05, 4.69) is 462 Å². The molecule has 128 heavy (non-hydrogen) atoms. The van der Waals surface area contributed by atoms with Gasteiger partial charge in [-0.3, -0.25) is 0 Å². The van der Waals surface area contributed by atoms with Gasteiger partial charge in [-0.2, -0.15) is 10.5 Å².